The molecule has 5 rings (SSSR count). The molecule has 3 atom stereocenters. The number of carbonyl (C=O) groups is 1. The van der Waals surface area contributed by atoms with Crippen molar-refractivity contribution in [3.8, 4) is 17.1 Å². The van der Waals surface area contributed by atoms with E-state index >= 15 is 0 Å². The molecule has 0 aliphatic carbocycles. The van der Waals surface area contributed by atoms with Crippen LogP contribution >= 0.6 is 0 Å². The van der Waals surface area contributed by atoms with Crippen molar-refractivity contribution in [2.45, 2.75) is 58.0 Å². The number of rotatable bonds is 6. The minimum absolute atomic E-state index is 0.0511. The molecule has 5 heterocycles. The first-order chi connectivity index (χ1) is 15.1. The smallest absolute Gasteiger partial charge is 0.272 e. The highest BCUT2D eigenvalue weighted by atomic mass is 16.5. The van der Waals surface area contributed by atoms with Crippen molar-refractivity contribution < 1.29 is 18.8 Å². The van der Waals surface area contributed by atoms with Gasteiger partial charge in [-0.25, -0.2) is 0 Å². The van der Waals surface area contributed by atoms with Crippen molar-refractivity contribution in [1.29, 1.82) is 0 Å². The van der Waals surface area contributed by atoms with Crippen molar-refractivity contribution in [3.05, 3.63) is 53.2 Å². The summed E-state index contributed by atoms with van der Waals surface area (Å²) in [7, 11) is 0. The molecule has 2 saturated heterocycles. The van der Waals surface area contributed by atoms with Gasteiger partial charge in [-0.15, -0.1) is 10.2 Å². The second-order valence-electron chi connectivity index (χ2n) is 7.99. The van der Waals surface area contributed by atoms with E-state index in [4.69, 9.17) is 14.0 Å². The Morgan fingerprint density at radius 3 is 2.77 bits per heavy atom. The third-order valence-electron chi connectivity index (χ3n) is 5.83. The van der Waals surface area contributed by atoms with Crippen LogP contribution in [0.1, 0.15) is 46.8 Å². The predicted molar refractivity (Wildman–Crippen MR) is 109 cm³/mol. The molecule has 1 amide bonds. The molecule has 3 aromatic rings. The zero-order valence-electron chi connectivity index (χ0n) is 17.4. The molecular formula is C22H23N5O4. The summed E-state index contributed by atoms with van der Waals surface area (Å²) in [6.07, 6.45) is 5.09. The van der Waals surface area contributed by atoms with Crippen molar-refractivity contribution in [2.75, 3.05) is 0 Å². The maximum atomic E-state index is 12.5. The number of nitrogens with one attached hydrogen (secondary N) is 1. The highest BCUT2D eigenvalue weighted by Crippen LogP contribution is 2.34. The number of aryl methyl sites for hydroxylation is 2. The van der Waals surface area contributed by atoms with Crippen molar-refractivity contribution >= 4 is 5.91 Å². The summed E-state index contributed by atoms with van der Waals surface area (Å²) < 4.78 is 16.9. The molecule has 2 fully saturated rings. The van der Waals surface area contributed by atoms with Gasteiger partial charge in [-0.3, -0.25) is 9.78 Å². The molecular weight excluding hydrogens is 398 g/mol. The third kappa shape index (κ3) is 4.00. The molecule has 9 heteroatoms. The highest BCUT2D eigenvalue weighted by Gasteiger charge is 2.41. The zero-order chi connectivity index (χ0) is 21.4. The number of hydrogen-bond acceptors (Lipinski definition) is 8. The fourth-order valence-corrected chi connectivity index (χ4v) is 4.09. The second-order valence-corrected chi connectivity index (χ2v) is 7.99. The van der Waals surface area contributed by atoms with Crippen LogP contribution in [0.4, 0.5) is 0 Å². The zero-order valence-corrected chi connectivity index (χ0v) is 17.4. The van der Waals surface area contributed by atoms with Gasteiger partial charge in [0.05, 0.1) is 23.8 Å². The lowest BCUT2D eigenvalue weighted by molar-refractivity contribution is 0.0836. The number of amides is 1. The van der Waals surface area contributed by atoms with Crippen LogP contribution < -0.4 is 10.1 Å². The molecule has 2 aliphatic heterocycles. The topological polar surface area (TPSA) is 112 Å². The summed E-state index contributed by atoms with van der Waals surface area (Å²) in [4.78, 5) is 16.8. The molecule has 0 spiro atoms. The molecule has 31 heavy (non-hydrogen) atoms. The fraction of sp³-hybridized carbons (Fsp3) is 0.409. The monoisotopic (exact) mass is 421 g/mol. The number of ether oxygens (including phenoxy) is 2. The second kappa shape index (κ2) is 8.07. The molecule has 1 N–H and O–H groups in total. The number of carbonyl (C=O) groups excluding carboxylic acids is 1. The summed E-state index contributed by atoms with van der Waals surface area (Å²) in [6, 6.07) is 7.15. The first kappa shape index (κ1) is 19.6. The van der Waals surface area contributed by atoms with Crippen molar-refractivity contribution in [3.63, 3.8) is 0 Å². The normalized spacial score (nSPS) is 21.9. The predicted octanol–water partition coefficient (Wildman–Crippen LogP) is 2.77. The van der Waals surface area contributed by atoms with Gasteiger partial charge in [-0.2, -0.15) is 0 Å². The van der Waals surface area contributed by atoms with Crippen LogP contribution in [-0.2, 0) is 11.3 Å². The van der Waals surface area contributed by atoms with Crippen LogP contribution in [0.2, 0.25) is 0 Å². The molecule has 0 aromatic carbocycles. The van der Waals surface area contributed by atoms with Gasteiger partial charge >= 0.3 is 0 Å². The summed E-state index contributed by atoms with van der Waals surface area (Å²) in [5, 5.41) is 15.2. The lowest BCUT2D eigenvalue weighted by Gasteiger charge is -2.19. The Morgan fingerprint density at radius 2 is 2.10 bits per heavy atom. The molecule has 0 saturated carbocycles. The summed E-state index contributed by atoms with van der Waals surface area (Å²) in [5.74, 6) is 0.727. The Kier molecular flexibility index (Phi) is 5.11. The number of fused-ring (bicyclic) bond motifs is 2. The number of nitrogens with zero attached hydrogens (tertiary/aromatic N) is 4. The highest BCUT2D eigenvalue weighted by molar-refractivity contribution is 5.92. The first-order valence-corrected chi connectivity index (χ1v) is 10.4. The Morgan fingerprint density at radius 1 is 1.19 bits per heavy atom. The standard InChI is InChI=1S/C22H23N5O4/c1-12-3-4-14(10-23-12)21-16(13(2)31-27-21)11-29-20-8-6-17(25-26-20)22(28)24-18-9-15-5-7-19(18)30-15/h3-4,6,8,10,15,18-19H,5,7,9,11H2,1-2H3,(H,24,28)/t15?,18-,19?/m1/s1. The van der Waals surface area contributed by atoms with E-state index in [0.29, 0.717) is 17.3 Å². The van der Waals surface area contributed by atoms with E-state index in [1.807, 2.05) is 26.0 Å². The molecule has 2 bridgehead atoms. The van der Waals surface area contributed by atoms with Crippen LogP contribution in [0.25, 0.3) is 11.3 Å². The molecule has 9 nitrogen and oxygen atoms in total. The van der Waals surface area contributed by atoms with Gasteiger partial charge in [0.1, 0.15) is 18.1 Å². The van der Waals surface area contributed by atoms with Gasteiger partial charge in [0.2, 0.25) is 5.88 Å². The molecule has 2 aliphatic rings. The SMILES string of the molecule is Cc1ccc(-c2noc(C)c2COc2ccc(C(=O)N[C@@H]3CC4CCC3O4)nn2)cn1. The van der Waals surface area contributed by atoms with E-state index in [0.717, 1.165) is 36.1 Å². The lowest BCUT2D eigenvalue weighted by Crippen LogP contribution is -2.41. The van der Waals surface area contributed by atoms with E-state index < -0.39 is 0 Å². The average Bonchev–Trinajstić information content (AvgIpc) is 3.49. The quantitative estimate of drug-likeness (QED) is 0.647. The summed E-state index contributed by atoms with van der Waals surface area (Å²) in [6.45, 7) is 3.96. The van der Waals surface area contributed by atoms with Gasteiger partial charge in [0.15, 0.2) is 5.69 Å². The van der Waals surface area contributed by atoms with Gasteiger partial charge in [-0.05, 0) is 51.3 Å². The van der Waals surface area contributed by atoms with E-state index in [2.05, 4.69) is 25.7 Å². The van der Waals surface area contributed by atoms with E-state index in [9.17, 15) is 4.79 Å². The van der Waals surface area contributed by atoms with Crippen LogP contribution in [0.3, 0.4) is 0 Å². The fourth-order valence-electron chi connectivity index (χ4n) is 4.09. The summed E-state index contributed by atoms with van der Waals surface area (Å²) >= 11 is 0. The molecule has 2 unspecified atom stereocenters. The third-order valence-corrected chi connectivity index (χ3v) is 5.83. The van der Waals surface area contributed by atoms with Gasteiger partial charge in [-0.1, -0.05) is 5.16 Å². The number of hydrogen-bond donors (Lipinski definition) is 1. The Labute approximate surface area is 179 Å². The molecule has 160 valence electrons. The van der Waals surface area contributed by atoms with E-state index in [1.165, 1.54) is 0 Å². The number of aromatic nitrogens is 4. The lowest BCUT2D eigenvalue weighted by atomic mass is 9.95. The van der Waals surface area contributed by atoms with Crippen molar-refractivity contribution in [2.24, 2.45) is 0 Å². The van der Waals surface area contributed by atoms with Gasteiger partial charge < -0.3 is 19.3 Å². The maximum absolute atomic E-state index is 12.5. The first-order valence-electron chi connectivity index (χ1n) is 10.4. The van der Waals surface area contributed by atoms with Crippen LogP contribution in [0.15, 0.2) is 35.0 Å². The minimum Gasteiger partial charge on any atom is -0.472 e. The Bertz CT molecular complexity index is 1080. The maximum Gasteiger partial charge on any atom is 0.272 e. The van der Waals surface area contributed by atoms with Crippen LogP contribution in [-0.4, -0.2) is 44.5 Å². The minimum atomic E-state index is -0.246. The van der Waals surface area contributed by atoms with Crippen LogP contribution in [0, 0.1) is 13.8 Å². The van der Waals surface area contributed by atoms with Crippen LogP contribution in [0.5, 0.6) is 5.88 Å². The number of pyridine rings is 1. The van der Waals surface area contributed by atoms with E-state index in [1.54, 1.807) is 18.3 Å². The van der Waals surface area contributed by atoms with Crippen molar-refractivity contribution in [1.82, 2.24) is 25.7 Å². The molecule has 0 radical (unpaired) electrons. The summed E-state index contributed by atoms with van der Waals surface area (Å²) in [5.41, 5.74) is 3.52. The average molecular weight is 421 g/mol. The van der Waals surface area contributed by atoms with E-state index in [-0.39, 0.29) is 36.5 Å². The van der Waals surface area contributed by atoms with Gasteiger partial charge in [0, 0.05) is 23.5 Å². The Hall–Kier alpha value is -3.33. The Balaban J connectivity index is 1.22. The molecule has 3 aromatic heterocycles. The van der Waals surface area contributed by atoms with Gasteiger partial charge in [0.25, 0.3) is 5.91 Å². The largest absolute Gasteiger partial charge is 0.472 e.